The highest BCUT2D eigenvalue weighted by Crippen LogP contribution is 2.47. The van der Waals surface area contributed by atoms with Crippen molar-refractivity contribution in [2.45, 2.75) is 18.6 Å². The molecule has 1 saturated heterocycles. The Labute approximate surface area is 115 Å². The lowest BCUT2D eigenvalue weighted by atomic mass is 9.77. The van der Waals surface area contributed by atoms with Crippen LogP contribution in [0, 0.1) is 17.8 Å². The summed E-state index contributed by atoms with van der Waals surface area (Å²) in [6.45, 7) is 2.00. The molecule has 6 heteroatoms. The largest absolute Gasteiger partial charge is 0.481 e. The summed E-state index contributed by atoms with van der Waals surface area (Å²) in [5.74, 6) is -2.57. The minimum atomic E-state index is -0.970. The molecule has 1 spiro atoms. The van der Waals surface area contributed by atoms with Crippen LogP contribution in [0.15, 0.2) is 23.8 Å². The fraction of sp³-hybridized carbons (Fsp3) is 0.571. The molecule has 0 aromatic heterocycles. The van der Waals surface area contributed by atoms with Gasteiger partial charge >= 0.3 is 11.9 Å². The number of carbonyl (C=O) groups is 2. The van der Waals surface area contributed by atoms with E-state index in [0.717, 1.165) is 0 Å². The number of allylic oxidation sites excluding steroid dienone is 1. The normalized spacial score (nSPS) is 40.4. The van der Waals surface area contributed by atoms with E-state index in [9.17, 15) is 19.8 Å². The van der Waals surface area contributed by atoms with Gasteiger partial charge in [0.05, 0.1) is 30.8 Å². The van der Waals surface area contributed by atoms with Crippen molar-refractivity contribution in [3.8, 4) is 0 Å². The summed E-state index contributed by atoms with van der Waals surface area (Å²) >= 11 is 0. The van der Waals surface area contributed by atoms with E-state index in [-0.39, 0.29) is 24.0 Å². The topological polar surface area (TPSA) is 93.1 Å². The molecular weight excluding hydrogens is 264 g/mol. The van der Waals surface area contributed by atoms with E-state index in [1.54, 1.807) is 18.2 Å². The highest BCUT2D eigenvalue weighted by molar-refractivity contribution is 5.93. The Bertz CT molecular complexity index is 520. The number of aliphatic hydroxyl groups is 1. The number of aliphatic hydroxyl groups excluding tert-OH is 1. The van der Waals surface area contributed by atoms with Crippen molar-refractivity contribution in [3.05, 3.63) is 23.8 Å². The zero-order valence-electron chi connectivity index (χ0n) is 11.0. The van der Waals surface area contributed by atoms with E-state index in [4.69, 9.17) is 9.47 Å². The average molecular weight is 280 g/mol. The second-order valence-corrected chi connectivity index (χ2v) is 5.54. The molecule has 20 heavy (non-hydrogen) atoms. The molecule has 108 valence electrons. The molecule has 1 fully saturated rings. The van der Waals surface area contributed by atoms with Crippen LogP contribution in [0.2, 0.25) is 0 Å². The van der Waals surface area contributed by atoms with Crippen LogP contribution in [0.3, 0.4) is 0 Å². The van der Waals surface area contributed by atoms with Crippen LogP contribution >= 0.6 is 0 Å². The minimum absolute atomic E-state index is 0.165. The molecule has 6 nitrogen and oxygen atoms in total. The van der Waals surface area contributed by atoms with E-state index < -0.39 is 29.6 Å². The number of fused-ring (bicyclic) bond motifs is 2. The van der Waals surface area contributed by atoms with Crippen molar-refractivity contribution in [1.82, 2.24) is 0 Å². The Balaban J connectivity index is 1.93. The molecule has 3 rings (SSSR count). The smallest absolute Gasteiger partial charge is 0.337 e. The standard InChI is InChI=1S/C14H16O6/c1-7(15)9-4-14(20-13(9)18)3-2-8-10(12(16)17)5-19-6-11(8)14/h2-4,7-8,10-11,15H,5-6H2,1H3,(H,16,17). The zero-order chi connectivity index (χ0) is 14.5. The molecule has 1 aliphatic carbocycles. The highest BCUT2D eigenvalue weighted by atomic mass is 16.6. The first kappa shape index (κ1) is 13.3. The van der Waals surface area contributed by atoms with Gasteiger partial charge in [0.15, 0.2) is 5.60 Å². The molecule has 0 radical (unpaired) electrons. The molecule has 0 aromatic rings. The Morgan fingerprint density at radius 2 is 2.25 bits per heavy atom. The number of hydrogen-bond donors (Lipinski definition) is 2. The number of carboxylic acids is 1. The highest BCUT2D eigenvalue weighted by Gasteiger charge is 2.55. The Morgan fingerprint density at radius 3 is 2.85 bits per heavy atom. The fourth-order valence-corrected chi connectivity index (χ4v) is 3.25. The fourth-order valence-electron chi connectivity index (χ4n) is 3.25. The molecule has 0 aromatic carbocycles. The van der Waals surface area contributed by atoms with Crippen molar-refractivity contribution >= 4 is 11.9 Å². The number of ether oxygens (including phenoxy) is 2. The summed E-state index contributed by atoms with van der Waals surface area (Å²) < 4.78 is 10.8. The molecule has 0 amide bonds. The van der Waals surface area contributed by atoms with Crippen molar-refractivity contribution in [1.29, 1.82) is 0 Å². The molecule has 2 heterocycles. The van der Waals surface area contributed by atoms with E-state index in [2.05, 4.69) is 0 Å². The maximum Gasteiger partial charge on any atom is 0.337 e. The van der Waals surface area contributed by atoms with Crippen molar-refractivity contribution in [2.24, 2.45) is 17.8 Å². The van der Waals surface area contributed by atoms with Crippen molar-refractivity contribution < 1.29 is 29.3 Å². The van der Waals surface area contributed by atoms with Gasteiger partial charge in [0.1, 0.15) is 0 Å². The SMILES string of the molecule is CC(O)C1=CC2(C=CC3C(C(=O)O)COCC32)OC1=O. The predicted octanol–water partition coefficient (Wildman–Crippen LogP) is 0.122. The van der Waals surface area contributed by atoms with Gasteiger partial charge in [0.2, 0.25) is 0 Å². The van der Waals surface area contributed by atoms with E-state index in [1.807, 2.05) is 0 Å². The zero-order valence-corrected chi connectivity index (χ0v) is 11.0. The lowest BCUT2D eigenvalue weighted by molar-refractivity contribution is -0.159. The second kappa shape index (κ2) is 4.43. The molecule has 5 unspecified atom stereocenters. The second-order valence-electron chi connectivity index (χ2n) is 5.54. The van der Waals surface area contributed by atoms with Gasteiger partial charge in [-0.25, -0.2) is 4.79 Å². The van der Waals surface area contributed by atoms with Gasteiger partial charge in [-0.1, -0.05) is 6.08 Å². The van der Waals surface area contributed by atoms with Crippen LogP contribution in [0.5, 0.6) is 0 Å². The number of aliphatic carboxylic acids is 1. The first-order chi connectivity index (χ1) is 9.44. The van der Waals surface area contributed by atoms with Crippen LogP contribution < -0.4 is 0 Å². The van der Waals surface area contributed by atoms with E-state index in [1.165, 1.54) is 6.92 Å². The average Bonchev–Trinajstić information content (AvgIpc) is 2.92. The quantitative estimate of drug-likeness (QED) is 0.551. The number of hydrogen-bond acceptors (Lipinski definition) is 5. The first-order valence-electron chi connectivity index (χ1n) is 6.58. The molecule has 2 N–H and O–H groups in total. The van der Waals surface area contributed by atoms with E-state index in [0.29, 0.717) is 6.61 Å². The third-order valence-electron chi connectivity index (χ3n) is 4.34. The van der Waals surface area contributed by atoms with Gasteiger partial charge in [-0.3, -0.25) is 4.79 Å². The summed E-state index contributed by atoms with van der Waals surface area (Å²) in [4.78, 5) is 23.1. The number of carboxylic acid groups (broad SMARTS) is 1. The summed E-state index contributed by atoms with van der Waals surface area (Å²) in [5, 5.41) is 18.8. The summed E-state index contributed by atoms with van der Waals surface area (Å²) in [5.41, 5.74) is -0.755. The molecular formula is C14H16O6. The number of carbonyl (C=O) groups excluding carboxylic acids is 1. The van der Waals surface area contributed by atoms with Crippen LogP contribution in [-0.4, -0.2) is 47.1 Å². The van der Waals surface area contributed by atoms with Crippen LogP contribution in [0.4, 0.5) is 0 Å². The van der Waals surface area contributed by atoms with Gasteiger partial charge in [-0.15, -0.1) is 0 Å². The lowest BCUT2D eigenvalue weighted by Gasteiger charge is -2.37. The summed E-state index contributed by atoms with van der Waals surface area (Å²) in [7, 11) is 0. The van der Waals surface area contributed by atoms with Crippen LogP contribution in [0.25, 0.3) is 0 Å². The number of rotatable bonds is 2. The monoisotopic (exact) mass is 280 g/mol. The van der Waals surface area contributed by atoms with Crippen LogP contribution in [-0.2, 0) is 19.1 Å². The van der Waals surface area contributed by atoms with E-state index >= 15 is 0 Å². The van der Waals surface area contributed by atoms with Crippen LogP contribution in [0.1, 0.15) is 6.92 Å². The molecule has 3 aliphatic rings. The van der Waals surface area contributed by atoms with Gasteiger partial charge in [-0.05, 0) is 19.1 Å². The van der Waals surface area contributed by atoms with Gasteiger partial charge < -0.3 is 19.7 Å². The van der Waals surface area contributed by atoms with Crippen molar-refractivity contribution in [2.75, 3.05) is 13.2 Å². The van der Waals surface area contributed by atoms with Gasteiger partial charge in [-0.2, -0.15) is 0 Å². The Morgan fingerprint density at radius 1 is 1.50 bits per heavy atom. The number of esters is 1. The predicted molar refractivity (Wildman–Crippen MR) is 66.7 cm³/mol. The Hall–Kier alpha value is -1.66. The Kier molecular flexibility index (Phi) is 2.95. The lowest BCUT2D eigenvalue weighted by Crippen LogP contribution is -2.46. The maximum absolute atomic E-state index is 11.8. The van der Waals surface area contributed by atoms with Gasteiger partial charge in [0, 0.05) is 11.8 Å². The summed E-state index contributed by atoms with van der Waals surface area (Å²) in [6.07, 6.45) is 4.21. The molecule has 0 bridgehead atoms. The maximum atomic E-state index is 11.8. The third-order valence-corrected chi connectivity index (χ3v) is 4.34. The first-order valence-corrected chi connectivity index (χ1v) is 6.58. The molecule has 0 saturated carbocycles. The molecule has 5 atom stereocenters. The van der Waals surface area contributed by atoms with Crippen molar-refractivity contribution in [3.63, 3.8) is 0 Å². The summed E-state index contributed by atoms with van der Waals surface area (Å²) in [6, 6.07) is 0. The third kappa shape index (κ3) is 1.79. The molecule has 2 aliphatic heterocycles. The van der Waals surface area contributed by atoms with Gasteiger partial charge in [0.25, 0.3) is 0 Å². The minimum Gasteiger partial charge on any atom is -0.481 e.